The van der Waals surface area contributed by atoms with Crippen LogP contribution in [0.5, 0.6) is 0 Å². The Balaban J connectivity index is 2.15. The van der Waals surface area contributed by atoms with Crippen LogP contribution in [0.2, 0.25) is 0 Å². The van der Waals surface area contributed by atoms with E-state index >= 15 is 0 Å². The number of pyridine rings is 1. The van der Waals surface area contributed by atoms with Gasteiger partial charge >= 0.3 is 0 Å². The summed E-state index contributed by atoms with van der Waals surface area (Å²) in [5.74, 6) is -3.08. The van der Waals surface area contributed by atoms with Crippen molar-refractivity contribution in [3.8, 4) is 0 Å². The van der Waals surface area contributed by atoms with Crippen molar-refractivity contribution in [2.24, 2.45) is 5.92 Å². The van der Waals surface area contributed by atoms with Crippen LogP contribution in [0.4, 0.5) is 5.69 Å². The number of Topliss-reactive ketones (excluding diaryl/α,β-unsaturated/α-hetero) is 1. The summed E-state index contributed by atoms with van der Waals surface area (Å²) in [4.78, 5) is 82.0. The number of likely N-dealkylation sites (N-methyl/N-ethyl adjacent to an activating group) is 1. The van der Waals surface area contributed by atoms with E-state index in [9.17, 15) is 28.8 Å². The number of carbonyl (C=O) groups is 5. The first kappa shape index (κ1) is 29.8. The molecule has 0 aliphatic rings. The predicted octanol–water partition coefficient (Wildman–Crippen LogP) is 0.0231. The fourth-order valence-corrected chi connectivity index (χ4v) is 3.48. The number of anilines is 1. The van der Waals surface area contributed by atoms with Gasteiger partial charge in [0.15, 0.2) is 0 Å². The van der Waals surface area contributed by atoms with Crippen LogP contribution in [0.1, 0.15) is 49.9 Å². The molecule has 0 radical (unpaired) electrons. The fourth-order valence-electron chi connectivity index (χ4n) is 3.48. The van der Waals surface area contributed by atoms with Gasteiger partial charge in [-0.05, 0) is 24.5 Å². The van der Waals surface area contributed by atoms with Crippen LogP contribution in [0.15, 0.2) is 41.8 Å². The average molecular weight is 528 g/mol. The van der Waals surface area contributed by atoms with Crippen LogP contribution in [0.3, 0.4) is 0 Å². The smallest absolute Gasteiger partial charge is 0.287 e. The average Bonchev–Trinajstić information content (AvgIpc) is 2.93. The lowest BCUT2D eigenvalue weighted by molar-refractivity contribution is -0.137. The number of amides is 4. The molecule has 204 valence electrons. The van der Waals surface area contributed by atoms with Crippen molar-refractivity contribution in [2.45, 2.75) is 52.1 Å². The van der Waals surface area contributed by atoms with Gasteiger partial charge in [-0.15, -0.1) is 0 Å². The number of ketones is 1. The van der Waals surface area contributed by atoms with Gasteiger partial charge in [-0.3, -0.25) is 28.8 Å². The molecule has 0 saturated heterocycles. The van der Waals surface area contributed by atoms with E-state index in [1.54, 1.807) is 0 Å². The van der Waals surface area contributed by atoms with E-state index in [0.29, 0.717) is 12.5 Å². The summed E-state index contributed by atoms with van der Waals surface area (Å²) in [6.07, 6.45) is 6.44. The number of aromatic nitrogens is 3. The maximum absolute atomic E-state index is 13.1. The van der Waals surface area contributed by atoms with Crippen molar-refractivity contribution in [3.63, 3.8) is 0 Å². The van der Waals surface area contributed by atoms with E-state index in [2.05, 4.69) is 31.2 Å². The zero-order chi connectivity index (χ0) is 28.1. The van der Waals surface area contributed by atoms with Crippen molar-refractivity contribution in [1.82, 2.24) is 30.5 Å². The zero-order valence-electron chi connectivity index (χ0n) is 21.7. The molecule has 1 atom stereocenters. The number of nitrogens with zero attached hydrogens (tertiary/aromatic N) is 3. The maximum atomic E-state index is 13.1. The first-order valence-corrected chi connectivity index (χ1v) is 12.3. The van der Waals surface area contributed by atoms with Crippen molar-refractivity contribution in [2.75, 3.05) is 18.9 Å². The van der Waals surface area contributed by atoms with Gasteiger partial charge in [-0.25, -0.2) is 9.97 Å². The van der Waals surface area contributed by atoms with Crippen LogP contribution in [0, 0.1) is 5.92 Å². The van der Waals surface area contributed by atoms with Gasteiger partial charge < -0.3 is 25.8 Å². The molecule has 4 N–H and O–H groups in total. The number of hydrogen-bond acceptors (Lipinski definition) is 8. The first-order valence-electron chi connectivity index (χ1n) is 12.3. The van der Waals surface area contributed by atoms with Crippen molar-refractivity contribution in [3.05, 3.63) is 53.0 Å². The van der Waals surface area contributed by atoms with Crippen LogP contribution in [0.25, 0.3) is 0 Å². The normalized spacial score (nSPS) is 11.4. The third kappa shape index (κ3) is 8.91. The molecule has 2 rings (SSSR count). The minimum atomic E-state index is -1.27. The van der Waals surface area contributed by atoms with Crippen molar-refractivity contribution in [1.29, 1.82) is 0 Å². The lowest BCUT2D eigenvalue weighted by Crippen LogP contribution is -2.45. The molecule has 0 aliphatic carbocycles. The molecule has 13 heteroatoms. The molecule has 0 aliphatic heterocycles. The molecule has 0 spiro atoms. The zero-order valence-corrected chi connectivity index (χ0v) is 21.7. The molecule has 38 heavy (non-hydrogen) atoms. The van der Waals surface area contributed by atoms with Crippen molar-refractivity contribution < 1.29 is 24.0 Å². The number of nitrogens with one attached hydrogen (secondary N) is 4. The van der Waals surface area contributed by atoms with E-state index in [1.165, 1.54) is 44.1 Å². The van der Waals surface area contributed by atoms with Crippen LogP contribution in [-0.4, -0.2) is 63.6 Å². The van der Waals surface area contributed by atoms with Gasteiger partial charge in [0, 0.05) is 38.6 Å². The Bertz CT molecular complexity index is 1190. The van der Waals surface area contributed by atoms with Gasteiger partial charge in [0.25, 0.3) is 17.4 Å². The topological polar surface area (TPSA) is 181 Å². The fraction of sp³-hybridized carbons (Fsp3) is 0.440. The van der Waals surface area contributed by atoms with Crippen LogP contribution >= 0.6 is 0 Å². The molecule has 0 saturated carbocycles. The number of rotatable bonds is 14. The molecule has 2 heterocycles. The van der Waals surface area contributed by atoms with Gasteiger partial charge in [-0.2, -0.15) is 0 Å². The van der Waals surface area contributed by atoms with Crippen molar-refractivity contribution >= 4 is 35.1 Å². The summed E-state index contributed by atoms with van der Waals surface area (Å²) < 4.78 is 1.15. The summed E-state index contributed by atoms with van der Waals surface area (Å²) in [6, 6.07) is 1.58. The quantitative estimate of drug-likeness (QED) is 0.248. The van der Waals surface area contributed by atoms with Crippen LogP contribution < -0.4 is 26.8 Å². The molecular weight excluding hydrogens is 494 g/mol. The van der Waals surface area contributed by atoms with Crippen LogP contribution in [-0.2, 0) is 25.7 Å². The molecular formula is C25H33N7O6. The largest absolute Gasteiger partial charge is 0.354 e. The molecule has 2 aromatic heterocycles. The molecule has 0 fully saturated rings. The second-order valence-corrected chi connectivity index (χ2v) is 8.52. The molecule has 0 bridgehead atoms. The third-order valence-corrected chi connectivity index (χ3v) is 5.92. The Labute approximate surface area is 219 Å². The minimum Gasteiger partial charge on any atom is -0.354 e. The highest BCUT2D eigenvalue weighted by molar-refractivity contribution is 6.36. The lowest BCUT2D eigenvalue weighted by atomic mass is 10.0. The highest BCUT2D eigenvalue weighted by Gasteiger charge is 2.25. The first-order chi connectivity index (χ1) is 18.2. The Morgan fingerprint density at radius 1 is 1.05 bits per heavy atom. The molecule has 0 unspecified atom stereocenters. The maximum Gasteiger partial charge on any atom is 0.287 e. The Hall–Kier alpha value is -4.42. The predicted molar refractivity (Wildman–Crippen MR) is 138 cm³/mol. The second kappa shape index (κ2) is 15.0. The monoisotopic (exact) mass is 527 g/mol. The highest BCUT2D eigenvalue weighted by atomic mass is 16.2. The molecule has 2 aromatic rings. The van der Waals surface area contributed by atoms with E-state index in [0.717, 1.165) is 17.4 Å². The molecule has 0 aromatic carbocycles. The summed E-state index contributed by atoms with van der Waals surface area (Å²) in [5, 5.41) is 9.95. The van der Waals surface area contributed by atoms with Gasteiger partial charge in [0.1, 0.15) is 24.6 Å². The van der Waals surface area contributed by atoms with E-state index in [4.69, 9.17) is 0 Å². The van der Waals surface area contributed by atoms with E-state index in [1.807, 2.05) is 13.8 Å². The Kier molecular flexibility index (Phi) is 11.7. The summed E-state index contributed by atoms with van der Waals surface area (Å²) >= 11 is 0. The second-order valence-electron chi connectivity index (χ2n) is 8.52. The highest BCUT2D eigenvalue weighted by Crippen LogP contribution is 2.07. The number of hydrogen-bond donors (Lipinski definition) is 4. The Morgan fingerprint density at radius 2 is 1.74 bits per heavy atom. The number of carbonyl (C=O) groups excluding carboxylic acids is 5. The standard InChI is InChI=1S/C25H33N7O6/c1-4-16(5-2)11-29-21(34)14-32-10-6-7-19(25(32)38)31-23(36)18(8-9-20(33)24(37)26-3)30-22(35)17-12-27-15-28-13-17/h6-7,10,12-13,15-16,18H,4-5,8-9,11,14H2,1-3H3,(H,26,37)(H,29,34)(H,30,35)(H,31,36)/t18-/m0/s1. The summed E-state index contributed by atoms with van der Waals surface area (Å²) in [5.41, 5.74) is -0.670. The summed E-state index contributed by atoms with van der Waals surface area (Å²) in [7, 11) is 1.30. The van der Waals surface area contributed by atoms with Gasteiger partial charge in [0.05, 0.1) is 5.56 Å². The summed E-state index contributed by atoms with van der Waals surface area (Å²) in [6.45, 7) is 4.33. The third-order valence-electron chi connectivity index (χ3n) is 5.92. The van der Waals surface area contributed by atoms with Gasteiger partial charge in [0.2, 0.25) is 17.6 Å². The van der Waals surface area contributed by atoms with E-state index in [-0.39, 0.29) is 36.5 Å². The molecule has 4 amide bonds. The van der Waals surface area contributed by atoms with Gasteiger partial charge in [-0.1, -0.05) is 26.7 Å². The minimum absolute atomic E-state index is 0.0735. The molecule has 13 nitrogen and oxygen atoms in total. The lowest BCUT2D eigenvalue weighted by Gasteiger charge is -2.18. The SMILES string of the molecule is CCC(CC)CNC(=O)Cn1cccc(NC(=O)[C@H](CCC(=O)C(=O)NC)NC(=O)c2cncnc2)c1=O. The van der Waals surface area contributed by atoms with E-state index < -0.39 is 35.1 Å². The Morgan fingerprint density at radius 3 is 2.37 bits per heavy atom.